The lowest BCUT2D eigenvalue weighted by Gasteiger charge is -1.81. The van der Waals surface area contributed by atoms with Gasteiger partial charge in [0.2, 0.25) is 0 Å². The number of hydrogen-bond donors (Lipinski definition) is 0. The van der Waals surface area contributed by atoms with Gasteiger partial charge in [-0.25, -0.2) is 0 Å². The molecule has 1 heterocycles. The van der Waals surface area contributed by atoms with Gasteiger partial charge in [-0.3, -0.25) is 10.1 Å². The summed E-state index contributed by atoms with van der Waals surface area (Å²) in [4.78, 5) is 9.50. The van der Waals surface area contributed by atoms with E-state index in [9.17, 15) is 10.1 Å². The molecule has 0 aliphatic rings. The third-order valence-electron chi connectivity index (χ3n) is 0.939. The van der Waals surface area contributed by atoms with Crippen molar-refractivity contribution in [2.45, 2.75) is 0 Å². The molecule has 0 fully saturated rings. The molecule has 1 rings (SSSR count). The molecule has 0 amide bonds. The Kier molecular flexibility index (Phi) is 1.22. The Morgan fingerprint density at radius 3 is 2.78 bits per heavy atom. The molecule has 0 aromatic carbocycles. The largest absolute Gasteiger partial charge is 0.350 e. The van der Waals surface area contributed by atoms with Crippen LogP contribution < -0.4 is 0 Å². The maximum atomic E-state index is 9.98. The lowest BCUT2D eigenvalue weighted by molar-refractivity contribution is -0.385. The summed E-state index contributed by atoms with van der Waals surface area (Å²) in [7, 11) is 1.71. The molecular weight excluding hydrogens is 120 g/mol. The van der Waals surface area contributed by atoms with Crippen LogP contribution in [0.25, 0.3) is 0 Å². The van der Waals surface area contributed by atoms with E-state index in [1.54, 1.807) is 11.6 Å². The quantitative estimate of drug-likeness (QED) is 0.410. The van der Waals surface area contributed by atoms with Crippen molar-refractivity contribution < 1.29 is 4.92 Å². The predicted octanol–water partition coefficient (Wildman–Crippen LogP) is 0.733. The van der Waals surface area contributed by atoms with Gasteiger partial charge < -0.3 is 4.57 Å². The average molecular weight is 125 g/mol. The maximum Gasteiger partial charge on any atom is 0.294 e. The van der Waals surface area contributed by atoms with E-state index in [2.05, 4.69) is 6.07 Å². The van der Waals surface area contributed by atoms with Gasteiger partial charge in [-0.2, -0.15) is 0 Å². The van der Waals surface area contributed by atoms with E-state index in [4.69, 9.17) is 0 Å². The highest BCUT2D eigenvalue weighted by atomic mass is 16.6. The first-order valence-corrected chi connectivity index (χ1v) is 2.38. The fourth-order valence-corrected chi connectivity index (χ4v) is 0.535. The first-order valence-electron chi connectivity index (χ1n) is 2.38. The highest BCUT2D eigenvalue weighted by molar-refractivity contribution is 5.23. The van der Waals surface area contributed by atoms with Crippen molar-refractivity contribution in [3.63, 3.8) is 0 Å². The van der Waals surface area contributed by atoms with Crippen molar-refractivity contribution in [3.05, 3.63) is 28.6 Å². The summed E-state index contributed by atoms with van der Waals surface area (Å²) in [6.45, 7) is 0. The zero-order valence-electron chi connectivity index (χ0n) is 4.87. The van der Waals surface area contributed by atoms with E-state index < -0.39 is 4.92 Å². The minimum Gasteiger partial charge on any atom is -0.350 e. The molecule has 0 saturated heterocycles. The summed E-state index contributed by atoms with van der Waals surface area (Å²) in [5.41, 5.74) is 0.0116. The Bertz CT molecular complexity index is 229. The Morgan fingerprint density at radius 1 is 1.89 bits per heavy atom. The molecular formula is C5H5N2O2. The second-order valence-corrected chi connectivity index (χ2v) is 1.71. The first-order chi connectivity index (χ1) is 4.20. The van der Waals surface area contributed by atoms with E-state index >= 15 is 0 Å². The molecule has 0 spiro atoms. The van der Waals surface area contributed by atoms with Crippen LogP contribution in [0.3, 0.4) is 0 Å². The molecule has 1 aromatic heterocycles. The molecule has 0 saturated carbocycles. The van der Waals surface area contributed by atoms with Gasteiger partial charge in [-0.1, -0.05) is 0 Å². The van der Waals surface area contributed by atoms with E-state index in [0.29, 0.717) is 0 Å². The van der Waals surface area contributed by atoms with E-state index in [1.165, 1.54) is 12.4 Å². The molecule has 0 unspecified atom stereocenters. The molecule has 0 aliphatic heterocycles. The fraction of sp³-hybridized carbons (Fsp3) is 0.200. The number of aryl methyl sites for hydroxylation is 1. The van der Waals surface area contributed by atoms with E-state index in [0.717, 1.165) is 0 Å². The lowest BCUT2D eigenvalue weighted by Crippen LogP contribution is -1.84. The third kappa shape index (κ3) is 1.07. The van der Waals surface area contributed by atoms with Gasteiger partial charge in [0.15, 0.2) is 0 Å². The zero-order chi connectivity index (χ0) is 6.85. The lowest BCUT2D eigenvalue weighted by atomic mass is 10.6. The van der Waals surface area contributed by atoms with Crippen LogP contribution in [0.1, 0.15) is 0 Å². The number of nitrogens with zero attached hydrogens (tertiary/aromatic N) is 2. The molecule has 0 atom stereocenters. The predicted molar refractivity (Wildman–Crippen MR) is 30.9 cm³/mol. The highest BCUT2D eigenvalue weighted by Gasteiger charge is 2.04. The summed E-state index contributed by atoms with van der Waals surface area (Å²) in [6.07, 6.45) is 2.91. The van der Waals surface area contributed by atoms with Gasteiger partial charge in [-0.15, -0.1) is 0 Å². The Hall–Kier alpha value is -1.32. The summed E-state index contributed by atoms with van der Waals surface area (Å²) in [6, 6.07) is 2.47. The number of nitro groups is 1. The third-order valence-corrected chi connectivity index (χ3v) is 0.939. The average Bonchev–Trinajstić information content (AvgIpc) is 2.14. The highest BCUT2D eigenvalue weighted by Crippen LogP contribution is 2.07. The van der Waals surface area contributed by atoms with Gasteiger partial charge in [-0.05, 0) is 0 Å². The Morgan fingerprint density at radius 2 is 2.56 bits per heavy atom. The minimum absolute atomic E-state index is 0.0116. The van der Waals surface area contributed by atoms with Gasteiger partial charge in [0.05, 0.1) is 17.2 Å². The van der Waals surface area contributed by atoms with E-state index in [-0.39, 0.29) is 5.69 Å². The summed E-state index contributed by atoms with van der Waals surface area (Å²) >= 11 is 0. The van der Waals surface area contributed by atoms with E-state index in [1.807, 2.05) is 0 Å². The maximum absolute atomic E-state index is 9.98. The molecule has 0 bridgehead atoms. The molecule has 47 valence electrons. The van der Waals surface area contributed by atoms with Crippen LogP contribution in [0.15, 0.2) is 12.4 Å². The van der Waals surface area contributed by atoms with Crippen LogP contribution in [-0.2, 0) is 7.05 Å². The zero-order valence-corrected chi connectivity index (χ0v) is 4.87. The fourth-order valence-electron chi connectivity index (χ4n) is 0.535. The molecule has 0 N–H and O–H groups in total. The first kappa shape index (κ1) is 5.81. The molecule has 4 heteroatoms. The SMILES string of the molecule is Cn1c[c]c([N+](=O)[O-])c1. The van der Waals surface area contributed by atoms with Crippen LogP contribution in [0.4, 0.5) is 5.69 Å². The number of aromatic nitrogens is 1. The van der Waals surface area contributed by atoms with Crippen LogP contribution in [0.2, 0.25) is 0 Å². The van der Waals surface area contributed by atoms with Gasteiger partial charge in [0, 0.05) is 13.2 Å². The molecule has 9 heavy (non-hydrogen) atoms. The van der Waals surface area contributed by atoms with Crippen LogP contribution in [0, 0.1) is 16.2 Å². The number of hydrogen-bond acceptors (Lipinski definition) is 2. The van der Waals surface area contributed by atoms with Crippen molar-refractivity contribution in [1.82, 2.24) is 4.57 Å². The van der Waals surface area contributed by atoms with Crippen molar-refractivity contribution in [2.75, 3.05) is 0 Å². The molecule has 1 radical (unpaired) electrons. The number of rotatable bonds is 1. The van der Waals surface area contributed by atoms with Crippen LogP contribution in [-0.4, -0.2) is 9.49 Å². The van der Waals surface area contributed by atoms with Crippen LogP contribution in [0.5, 0.6) is 0 Å². The van der Waals surface area contributed by atoms with Crippen molar-refractivity contribution >= 4 is 5.69 Å². The van der Waals surface area contributed by atoms with Crippen LogP contribution >= 0.6 is 0 Å². The topological polar surface area (TPSA) is 48.1 Å². The van der Waals surface area contributed by atoms with Gasteiger partial charge in [0.25, 0.3) is 5.69 Å². The van der Waals surface area contributed by atoms with Gasteiger partial charge >= 0.3 is 0 Å². The standard InChI is InChI=1S/C5H5N2O2/c1-6-3-2-5(4-6)7(8)9/h3-4H,1H3. The monoisotopic (exact) mass is 125 g/mol. The smallest absolute Gasteiger partial charge is 0.294 e. The van der Waals surface area contributed by atoms with Crippen molar-refractivity contribution in [2.24, 2.45) is 7.05 Å². The normalized spacial score (nSPS) is 9.44. The summed E-state index contributed by atoms with van der Waals surface area (Å²) in [5.74, 6) is 0. The second-order valence-electron chi connectivity index (χ2n) is 1.71. The van der Waals surface area contributed by atoms with Crippen molar-refractivity contribution in [3.8, 4) is 0 Å². The van der Waals surface area contributed by atoms with Gasteiger partial charge in [0.1, 0.15) is 0 Å². The van der Waals surface area contributed by atoms with Crippen molar-refractivity contribution in [1.29, 1.82) is 0 Å². The summed E-state index contributed by atoms with van der Waals surface area (Å²) < 4.78 is 1.58. The molecule has 1 aromatic rings. The Balaban J connectivity index is 2.98. The minimum atomic E-state index is -0.472. The molecule has 4 nitrogen and oxygen atoms in total. The second kappa shape index (κ2) is 1.89. The summed E-state index contributed by atoms with van der Waals surface area (Å²) in [5, 5.41) is 9.98. The Labute approximate surface area is 51.9 Å². The molecule has 0 aliphatic carbocycles.